The summed E-state index contributed by atoms with van der Waals surface area (Å²) in [7, 11) is -2.22. The van der Waals surface area contributed by atoms with E-state index in [1.807, 2.05) is 0 Å². The summed E-state index contributed by atoms with van der Waals surface area (Å²) < 4.78 is 24.8. The number of sulfonamides is 1. The predicted molar refractivity (Wildman–Crippen MR) is 61.6 cm³/mol. The van der Waals surface area contributed by atoms with Crippen LogP contribution in [0.2, 0.25) is 5.02 Å². The second kappa shape index (κ2) is 4.83. The molecular formula is C10H11ClN2O2S. The molecule has 0 fully saturated rings. The summed E-state index contributed by atoms with van der Waals surface area (Å²) in [6.07, 6.45) is 0. The zero-order chi connectivity index (χ0) is 12.3. The summed E-state index contributed by atoms with van der Waals surface area (Å²) in [5, 5.41) is 8.98. The van der Waals surface area contributed by atoms with Crippen molar-refractivity contribution in [1.82, 2.24) is 4.31 Å². The van der Waals surface area contributed by atoms with Crippen molar-refractivity contribution in [3.8, 4) is 6.07 Å². The molecule has 0 heterocycles. The molecule has 16 heavy (non-hydrogen) atoms. The van der Waals surface area contributed by atoms with Crippen LogP contribution in [0.15, 0.2) is 23.1 Å². The Hall–Kier alpha value is -1.09. The van der Waals surface area contributed by atoms with Crippen molar-refractivity contribution in [1.29, 1.82) is 5.26 Å². The first kappa shape index (κ1) is 13.0. The molecule has 6 heteroatoms. The molecule has 0 radical (unpaired) electrons. The molecule has 1 rings (SSSR count). The molecule has 0 saturated carbocycles. The van der Waals surface area contributed by atoms with Crippen molar-refractivity contribution in [3.63, 3.8) is 0 Å². The summed E-state index contributed by atoms with van der Waals surface area (Å²) in [6, 6.07) is 6.24. The van der Waals surface area contributed by atoms with Crippen LogP contribution in [-0.4, -0.2) is 26.3 Å². The van der Waals surface area contributed by atoms with Gasteiger partial charge in [-0.2, -0.15) is 9.57 Å². The minimum atomic E-state index is -3.59. The first-order valence-corrected chi connectivity index (χ1v) is 6.31. The molecule has 0 bridgehead atoms. The van der Waals surface area contributed by atoms with E-state index >= 15 is 0 Å². The number of aryl methyl sites for hydroxylation is 1. The van der Waals surface area contributed by atoms with E-state index in [2.05, 4.69) is 0 Å². The number of hydrogen-bond acceptors (Lipinski definition) is 3. The largest absolute Gasteiger partial charge is 0.243 e. The molecule has 1 aromatic rings. The molecule has 0 aliphatic carbocycles. The minimum absolute atomic E-state index is 0.146. The Balaban J connectivity index is 3.18. The van der Waals surface area contributed by atoms with Gasteiger partial charge in [0.05, 0.1) is 11.0 Å². The Morgan fingerprint density at radius 3 is 2.62 bits per heavy atom. The molecule has 0 aliphatic rings. The molecule has 1 aromatic carbocycles. The van der Waals surface area contributed by atoms with Crippen LogP contribution in [0.25, 0.3) is 0 Å². The fraction of sp³-hybridized carbons (Fsp3) is 0.300. The third-order valence-corrected chi connectivity index (χ3v) is 4.35. The van der Waals surface area contributed by atoms with E-state index in [1.165, 1.54) is 25.2 Å². The third kappa shape index (κ3) is 2.53. The second-order valence-corrected chi connectivity index (χ2v) is 5.78. The quantitative estimate of drug-likeness (QED) is 0.777. The zero-order valence-electron chi connectivity index (χ0n) is 8.94. The lowest BCUT2D eigenvalue weighted by Crippen LogP contribution is -2.27. The highest BCUT2D eigenvalue weighted by atomic mass is 35.5. The van der Waals surface area contributed by atoms with E-state index in [0.29, 0.717) is 10.6 Å². The molecule has 0 aromatic heterocycles. The number of halogens is 1. The average Bonchev–Trinajstić information content (AvgIpc) is 2.22. The highest BCUT2D eigenvalue weighted by molar-refractivity contribution is 7.89. The lowest BCUT2D eigenvalue weighted by molar-refractivity contribution is 0.501. The fourth-order valence-corrected chi connectivity index (χ4v) is 2.41. The van der Waals surface area contributed by atoms with E-state index in [0.717, 1.165) is 4.31 Å². The minimum Gasteiger partial charge on any atom is -0.207 e. The molecule has 0 unspecified atom stereocenters. The van der Waals surface area contributed by atoms with Crippen molar-refractivity contribution in [2.45, 2.75) is 11.8 Å². The molecule has 0 aliphatic heterocycles. The maximum absolute atomic E-state index is 11.9. The first-order valence-electron chi connectivity index (χ1n) is 4.49. The Bertz CT molecular complexity index is 534. The van der Waals surface area contributed by atoms with Crippen LogP contribution in [0, 0.1) is 18.3 Å². The highest BCUT2D eigenvalue weighted by Crippen LogP contribution is 2.21. The van der Waals surface area contributed by atoms with Crippen molar-refractivity contribution in [2.24, 2.45) is 0 Å². The van der Waals surface area contributed by atoms with Gasteiger partial charge < -0.3 is 0 Å². The van der Waals surface area contributed by atoms with Gasteiger partial charge in [-0.1, -0.05) is 11.6 Å². The van der Waals surface area contributed by atoms with Crippen molar-refractivity contribution in [3.05, 3.63) is 28.8 Å². The van der Waals surface area contributed by atoms with E-state index in [4.69, 9.17) is 16.9 Å². The van der Waals surface area contributed by atoms with E-state index < -0.39 is 10.0 Å². The van der Waals surface area contributed by atoms with Crippen molar-refractivity contribution >= 4 is 21.6 Å². The molecule has 0 spiro atoms. The standard InChI is InChI=1S/C10H11ClN2O2S/c1-8-7-9(3-4-10(8)11)16(14,15)13(2)6-5-12/h3-4,7H,6H2,1-2H3. The van der Waals surface area contributed by atoms with Crippen LogP contribution in [-0.2, 0) is 10.0 Å². The van der Waals surface area contributed by atoms with Crippen LogP contribution >= 0.6 is 11.6 Å². The molecule has 0 atom stereocenters. The lowest BCUT2D eigenvalue weighted by Gasteiger charge is -2.14. The summed E-state index contributed by atoms with van der Waals surface area (Å²) >= 11 is 5.81. The number of nitriles is 1. The van der Waals surface area contributed by atoms with Crippen LogP contribution in [0.1, 0.15) is 5.56 Å². The van der Waals surface area contributed by atoms with Gasteiger partial charge in [0.1, 0.15) is 6.54 Å². The SMILES string of the molecule is Cc1cc(S(=O)(=O)N(C)CC#N)ccc1Cl. The molecule has 86 valence electrons. The Morgan fingerprint density at radius 1 is 1.50 bits per heavy atom. The smallest absolute Gasteiger partial charge is 0.207 e. The summed E-state index contributed by atoms with van der Waals surface area (Å²) in [4.78, 5) is 0.146. The predicted octanol–water partition coefficient (Wildman–Crippen LogP) is 1.79. The van der Waals surface area contributed by atoms with Gasteiger partial charge >= 0.3 is 0 Å². The maximum Gasteiger partial charge on any atom is 0.243 e. The molecule has 0 amide bonds. The van der Waals surface area contributed by atoms with Gasteiger partial charge in [-0.3, -0.25) is 0 Å². The zero-order valence-corrected chi connectivity index (χ0v) is 10.5. The fourth-order valence-electron chi connectivity index (χ4n) is 1.14. The molecule has 0 N–H and O–H groups in total. The van der Waals surface area contributed by atoms with Crippen LogP contribution < -0.4 is 0 Å². The monoisotopic (exact) mass is 258 g/mol. The summed E-state index contributed by atoms with van der Waals surface area (Å²) in [6.45, 7) is 1.55. The second-order valence-electron chi connectivity index (χ2n) is 3.33. The van der Waals surface area contributed by atoms with E-state index in [1.54, 1.807) is 13.0 Å². The number of benzene rings is 1. The Labute approximate surface area is 100 Å². The molecular weight excluding hydrogens is 248 g/mol. The van der Waals surface area contributed by atoms with Crippen molar-refractivity contribution in [2.75, 3.05) is 13.6 Å². The number of nitrogens with zero attached hydrogens (tertiary/aromatic N) is 2. The lowest BCUT2D eigenvalue weighted by atomic mass is 10.2. The number of rotatable bonds is 3. The van der Waals surface area contributed by atoms with Crippen LogP contribution in [0.4, 0.5) is 0 Å². The topological polar surface area (TPSA) is 61.2 Å². The van der Waals surface area contributed by atoms with Gasteiger partial charge in [-0.05, 0) is 30.7 Å². The van der Waals surface area contributed by atoms with Gasteiger partial charge in [-0.15, -0.1) is 0 Å². The Morgan fingerprint density at radius 2 is 2.12 bits per heavy atom. The summed E-state index contributed by atoms with van der Waals surface area (Å²) in [5.74, 6) is 0. The highest BCUT2D eigenvalue weighted by Gasteiger charge is 2.20. The third-order valence-electron chi connectivity index (χ3n) is 2.13. The van der Waals surface area contributed by atoms with Gasteiger partial charge in [0.2, 0.25) is 10.0 Å². The van der Waals surface area contributed by atoms with Gasteiger partial charge in [-0.25, -0.2) is 8.42 Å². The van der Waals surface area contributed by atoms with Crippen LogP contribution in [0.5, 0.6) is 0 Å². The van der Waals surface area contributed by atoms with E-state index in [-0.39, 0.29) is 11.4 Å². The first-order chi connectivity index (χ1) is 7.39. The maximum atomic E-state index is 11.9. The van der Waals surface area contributed by atoms with Gasteiger partial charge in [0.25, 0.3) is 0 Å². The van der Waals surface area contributed by atoms with Gasteiger partial charge in [0, 0.05) is 12.1 Å². The Kier molecular flexibility index (Phi) is 3.92. The number of hydrogen-bond donors (Lipinski definition) is 0. The molecule has 0 saturated heterocycles. The average molecular weight is 259 g/mol. The normalized spacial score (nSPS) is 11.4. The van der Waals surface area contributed by atoms with E-state index in [9.17, 15) is 8.42 Å². The molecule has 4 nitrogen and oxygen atoms in total. The van der Waals surface area contributed by atoms with Gasteiger partial charge in [0.15, 0.2) is 0 Å². The van der Waals surface area contributed by atoms with Crippen molar-refractivity contribution < 1.29 is 8.42 Å². The van der Waals surface area contributed by atoms with Crippen LogP contribution in [0.3, 0.4) is 0 Å². The summed E-state index contributed by atoms with van der Waals surface area (Å²) in [5.41, 5.74) is 0.688.